The SMILES string of the molecule is FC(F)(F)c1ccccc1-c1nc(Nc2n[nH]c(-c3ccccc3)n2)c2ccccc2n1. The van der Waals surface area contributed by atoms with Crippen molar-refractivity contribution in [2.45, 2.75) is 6.18 Å². The molecule has 0 saturated carbocycles. The van der Waals surface area contributed by atoms with Crippen LogP contribution in [-0.4, -0.2) is 25.1 Å². The van der Waals surface area contributed by atoms with E-state index in [1.54, 1.807) is 24.3 Å². The van der Waals surface area contributed by atoms with Gasteiger partial charge < -0.3 is 5.32 Å². The minimum Gasteiger partial charge on any atom is -0.307 e. The Bertz CT molecular complexity index is 1400. The predicted octanol–water partition coefficient (Wildman–Crippen LogP) is 5.84. The zero-order valence-corrected chi connectivity index (χ0v) is 16.4. The van der Waals surface area contributed by atoms with Crippen LogP contribution in [0.5, 0.6) is 0 Å². The topological polar surface area (TPSA) is 79.4 Å². The van der Waals surface area contributed by atoms with Crippen molar-refractivity contribution in [3.8, 4) is 22.8 Å². The number of hydrogen-bond donors (Lipinski definition) is 2. The number of H-pyrrole nitrogens is 1. The monoisotopic (exact) mass is 432 g/mol. The summed E-state index contributed by atoms with van der Waals surface area (Å²) in [5.41, 5.74) is 0.440. The van der Waals surface area contributed by atoms with Crippen LogP contribution in [0.1, 0.15) is 5.56 Å². The number of para-hydroxylation sites is 1. The molecule has 9 heteroatoms. The van der Waals surface area contributed by atoms with Gasteiger partial charge in [-0.05, 0) is 18.2 Å². The zero-order valence-electron chi connectivity index (χ0n) is 16.4. The van der Waals surface area contributed by atoms with Gasteiger partial charge >= 0.3 is 6.18 Å². The Morgan fingerprint density at radius 2 is 1.47 bits per heavy atom. The van der Waals surface area contributed by atoms with E-state index >= 15 is 0 Å². The molecule has 0 radical (unpaired) electrons. The second-order valence-corrected chi connectivity index (χ2v) is 6.95. The number of alkyl halides is 3. The number of benzene rings is 3. The second kappa shape index (κ2) is 7.77. The standard InChI is InChI=1S/C23H15F3N6/c24-23(25,26)17-12-6-4-10-15(17)20-27-18-13-7-5-11-16(18)21(28-20)30-22-29-19(31-32-22)14-8-2-1-3-9-14/h1-13H,(H2,27,28,29,30,31,32). The number of aromatic nitrogens is 5. The highest BCUT2D eigenvalue weighted by Crippen LogP contribution is 2.37. The minimum absolute atomic E-state index is 0.0436. The molecule has 0 bridgehead atoms. The van der Waals surface area contributed by atoms with Crippen molar-refractivity contribution in [1.82, 2.24) is 25.1 Å². The lowest BCUT2D eigenvalue weighted by atomic mass is 10.1. The van der Waals surface area contributed by atoms with Crippen LogP contribution in [0.2, 0.25) is 0 Å². The minimum atomic E-state index is -4.53. The van der Waals surface area contributed by atoms with Crippen molar-refractivity contribution in [3.63, 3.8) is 0 Å². The number of aromatic amines is 1. The maximum absolute atomic E-state index is 13.6. The lowest BCUT2D eigenvalue weighted by Gasteiger charge is -2.13. The normalized spacial score (nSPS) is 11.6. The van der Waals surface area contributed by atoms with Gasteiger partial charge in [0.25, 0.3) is 0 Å². The molecule has 6 nitrogen and oxygen atoms in total. The molecule has 2 aromatic heterocycles. The Hall–Kier alpha value is -4.27. The third-order valence-electron chi connectivity index (χ3n) is 4.84. The molecule has 32 heavy (non-hydrogen) atoms. The van der Waals surface area contributed by atoms with E-state index in [1.165, 1.54) is 18.2 Å². The number of hydrogen-bond acceptors (Lipinski definition) is 5. The Kier molecular flexibility index (Phi) is 4.78. The summed E-state index contributed by atoms with van der Waals surface area (Å²) in [5, 5.41) is 10.7. The highest BCUT2D eigenvalue weighted by atomic mass is 19.4. The van der Waals surface area contributed by atoms with Crippen LogP contribution in [0.15, 0.2) is 78.9 Å². The van der Waals surface area contributed by atoms with Gasteiger partial charge in [-0.2, -0.15) is 18.2 Å². The van der Waals surface area contributed by atoms with Gasteiger partial charge in [-0.15, -0.1) is 5.10 Å². The average Bonchev–Trinajstić information content (AvgIpc) is 3.27. The van der Waals surface area contributed by atoms with Crippen LogP contribution in [0.25, 0.3) is 33.7 Å². The molecular formula is C23H15F3N6. The molecule has 0 spiro atoms. The van der Waals surface area contributed by atoms with Crippen LogP contribution in [0.4, 0.5) is 24.9 Å². The summed E-state index contributed by atoms with van der Waals surface area (Å²) >= 11 is 0. The number of halogens is 3. The Morgan fingerprint density at radius 3 is 2.28 bits per heavy atom. The number of anilines is 2. The molecule has 5 aromatic rings. The van der Waals surface area contributed by atoms with E-state index in [9.17, 15) is 13.2 Å². The fraction of sp³-hybridized carbons (Fsp3) is 0.0435. The molecule has 0 aliphatic carbocycles. The van der Waals surface area contributed by atoms with E-state index in [0.717, 1.165) is 11.6 Å². The van der Waals surface area contributed by atoms with Gasteiger partial charge in [0.1, 0.15) is 5.82 Å². The first-order valence-corrected chi connectivity index (χ1v) is 9.67. The van der Waals surface area contributed by atoms with E-state index in [-0.39, 0.29) is 17.3 Å². The molecule has 2 N–H and O–H groups in total. The smallest absolute Gasteiger partial charge is 0.307 e. The second-order valence-electron chi connectivity index (χ2n) is 6.95. The van der Waals surface area contributed by atoms with Gasteiger partial charge in [-0.25, -0.2) is 9.97 Å². The molecule has 2 heterocycles. The Morgan fingerprint density at radius 1 is 0.750 bits per heavy atom. The van der Waals surface area contributed by atoms with E-state index in [0.29, 0.717) is 22.5 Å². The molecule has 158 valence electrons. The first kappa shape index (κ1) is 19.7. The molecule has 5 rings (SSSR count). The number of rotatable bonds is 4. The zero-order chi connectivity index (χ0) is 22.1. The molecule has 0 saturated heterocycles. The van der Waals surface area contributed by atoms with Crippen molar-refractivity contribution in [3.05, 3.63) is 84.4 Å². The lowest BCUT2D eigenvalue weighted by Crippen LogP contribution is -2.09. The van der Waals surface area contributed by atoms with Gasteiger partial charge in [0.15, 0.2) is 11.6 Å². The van der Waals surface area contributed by atoms with E-state index in [2.05, 4.69) is 30.5 Å². The molecule has 0 fully saturated rings. The summed E-state index contributed by atoms with van der Waals surface area (Å²) in [6, 6.07) is 21.7. The molecule has 0 aliphatic rings. The van der Waals surface area contributed by atoms with Crippen LogP contribution in [-0.2, 0) is 6.18 Å². The maximum Gasteiger partial charge on any atom is 0.417 e. The van der Waals surface area contributed by atoms with E-state index in [4.69, 9.17) is 0 Å². The van der Waals surface area contributed by atoms with E-state index < -0.39 is 11.7 Å². The summed E-state index contributed by atoms with van der Waals surface area (Å²) in [4.78, 5) is 13.2. The van der Waals surface area contributed by atoms with Gasteiger partial charge in [0.05, 0.1) is 11.1 Å². The number of fused-ring (bicyclic) bond motifs is 1. The van der Waals surface area contributed by atoms with E-state index in [1.807, 2.05) is 30.3 Å². The summed E-state index contributed by atoms with van der Waals surface area (Å²) < 4.78 is 40.7. The molecule has 0 atom stereocenters. The van der Waals surface area contributed by atoms with Crippen LogP contribution < -0.4 is 5.32 Å². The Labute approximate surface area is 180 Å². The number of nitrogens with one attached hydrogen (secondary N) is 2. The summed E-state index contributed by atoms with van der Waals surface area (Å²) in [5.74, 6) is 1.05. The highest BCUT2D eigenvalue weighted by molar-refractivity contribution is 5.92. The van der Waals surface area contributed by atoms with Crippen molar-refractivity contribution in [2.24, 2.45) is 0 Å². The maximum atomic E-state index is 13.6. The van der Waals surface area contributed by atoms with Crippen molar-refractivity contribution in [1.29, 1.82) is 0 Å². The molecule has 0 unspecified atom stereocenters. The highest BCUT2D eigenvalue weighted by Gasteiger charge is 2.34. The Balaban J connectivity index is 1.60. The molecule has 3 aromatic carbocycles. The van der Waals surface area contributed by atoms with Crippen LogP contribution >= 0.6 is 0 Å². The van der Waals surface area contributed by atoms with Crippen molar-refractivity contribution < 1.29 is 13.2 Å². The molecule has 0 aliphatic heterocycles. The third-order valence-corrected chi connectivity index (χ3v) is 4.84. The largest absolute Gasteiger partial charge is 0.417 e. The first-order valence-electron chi connectivity index (χ1n) is 9.67. The lowest BCUT2D eigenvalue weighted by molar-refractivity contribution is -0.137. The van der Waals surface area contributed by atoms with Gasteiger partial charge in [0.2, 0.25) is 5.95 Å². The molecule has 0 amide bonds. The predicted molar refractivity (Wildman–Crippen MR) is 115 cm³/mol. The van der Waals surface area contributed by atoms with Gasteiger partial charge in [0, 0.05) is 16.5 Å². The average molecular weight is 432 g/mol. The fourth-order valence-corrected chi connectivity index (χ4v) is 3.37. The summed E-state index contributed by atoms with van der Waals surface area (Å²) in [6.07, 6.45) is -4.53. The van der Waals surface area contributed by atoms with Crippen molar-refractivity contribution in [2.75, 3.05) is 5.32 Å². The quantitative estimate of drug-likeness (QED) is 0.373. The van der Waals surface area contributed by atoms with Crippen LogP contribution in [0, 0.1) is 0 Å². The summed E-state index contributed by atoms with van der Waals surface area (Å²) in [6.45, 7) is 0. The van der Waals surface area contributed by atoms with Gasteiger partial charge in [-0.3, -0.25) is 5.10 Å². The fourth-order valence-electron chi connectivity index (χ4n) is 3.37. The molecular weight excluding hydrogens is 417 g/mol. The number of nitrogens with zero attached hydrogens (tertiary/aromatic N) is 4. The first-order chi connectivity index (χ1) is 15.5. The third kappa shape index (κ3) is 3.76. The van der Waals surface area contributed by atoms with Crippen LogP contribution in [0.3, 0.4) is 0 Å². The van der Waals surface area contributed by atoms with Crippen molar-refractivity contribution >= 4 is 22.7 Å². The van der Waals surface area contributed by atoms with Gasteiger partial charge in [-0.1, -0.05) is 60.7 Å². The summed E-state index contributed by atoms with van der Waals surface area (Å²) in [7, 11) is 0.